The van der Waals surface area contributed by atoms with Gasteiger partial charge in [-0.05, 0) is 50.3 Å². The molecule has 1 atom stereocenters. The summed E-state index contributed by atoms with van der Waals surface area (Å²) in [4.78, 5) is 14.8. The van der Waals surface area contributed by atoms with Gasteiger partial charge in [0.15, 0.2) is 0 Å². The molecule has 0 bridgehead atoms. The predicted molar refractivity (Wildman–Crippen MR) is 135 cm³/mol. The van der Waals surface area contributed by atoms with Gasteiger partial charge in [0.05, 0.1) is 5.57 Å². The molecule has 2 heterocycles. The Morgan fingerprint density at radius 2 is 1.71 bits per heavy atom. The SMILES string of the molecule is CC/C=C(/C(C(N)=O)=C1/NCC[C@@H](C2CCNCC2)N1C)c1cc[c-]cc1.[U+2].[c-]1ccccc1. The standard InChI is InChI=1S/C22H31N4O.C6H5.U/c1-3-7-18(16-8-5-4-6-9-16)20(21(23)27)22-25-15-12-19(26(22)2)17-10-13-24-14-11-17;1-2-4-6-5-3-1;/h5-9,17,19,24-25H,3,10-15H2,1-2H3,(H2,23,27);1-5H;/q2*-1;+2/b18-7+,22-20+;;/t19-;;/m0../s1. The van der Waals surface area contributed by atoms with E-state index in [2.05, 4.69) is 47.7 Å². The summed E-state index contributed by atoms with van der Waals surface area (Å²) in [5.41, 5.74) is 8.39. The molecule has 2 aromatic rings. The van der Waals surface area contributed by atoms with Crippen LogP contribution in [-0.2, 0) is 4.79 Å². The zero-order chi connectivity index (χ0) is 23.5. The number of primary amides is 1. The van der Waals surface area contributed by atoms with Crippen LogP contribution in [0.1, 0.15) is 38.2 Å². The van der Waals surface area contributed by atoms with Crippen molar-refractivity contribution in [3.05, 3.63) is 89.8 Å². The van der Waals surface area contributed by atoms with Gasteiger partial charge in [0.25, 0.3) is 5.91 Å². The van der Waals surface area contributed by atoms with Crippen molar-refractivity contribution in [2.24, 2.45) is 11.7 Å². The van der Waals surface area contributed by atoms with Crippen LogP contribution in [0, 0.1) is 49.2 Å². The molecule has 0 radical (unpaired) electrons. The van der Waals surface area contributed by atoms with E-state index in [0.717, 1.165) is 49.4 Å². The zero-order valence-electron chi connectivity index (χ0n) is 20.3. The van der Waals surface area contributed by atoms with Crippen molar-refractivity contribution < 1.29 is 35.9 Å². The van der Waals surface area contributed by atoms with Crippen molar-refractivity contribution in [1.82, 2.24) is 15.5 Å². The van der Waals surface area contributed by atoms with Crippen molar-refractivity contribution >= 4 is 11.5 Å². The summed E-state index contributed by atoms with van der Waals surface area (Å²) < 4.78 is 0. The van der Waals surface area contributed by atoms with Crippen LogP contribution in [0.25, 0.3) is 5.57 Å². The minimum absolute atomic E-state index is 0. The second-order valence-electron chi connectivity index (χ2n) is 8.46. The molecular formula is C28H36N4OU. The second kappa shape index (κ2) is 15.1. The van der Waals surface area contributed by atoms with Crippen LogP contribution in [0.2, 0.25) is 0 Å². The normalized spacial score (nSPS) is 20.2. The molecule has 2 aromatic carbocycles. The third kappa shape index (κ3) is 7.77. The summed E-state index contributed by atoms with van der Waals surface area (Å²) in [5, 5.41) is 6.91. The van der Waals surface area contributed by atoms with Gasteiger partial charge in [0.2, 0.25) is 0 Å². The molecule has 2 aliphatic rings. The predicted octanol–water partition coefficient (Wildman–Crippen LogP) is 3.76. The fourth-order valence-electron chi connectivity index (χ4n) is 4.72. The molecule has 34 heavy (non-hydrogen) atoms. The average Bonchev–Trinajstić information content (AvgIpc) is 2.87. The molecule has 2 aliphatic heterocycles. The topological polar surface area (TPSA) is 70.4 Å². The van der Waals surface area contributed by atoms with Gasteiger partial charge in [-0.1, -0.05) is 13.0 Å². The fraction of sp³-hybridized carbons (Fsp3) is 0.393. The van der Waals surface area contributed by atoms with E-state index in [9.17, 15) is 4.79 Å². The summed E-state index contributed by atoms with van der Waals surface area (Å²) in [5.74, 6) is 1.13. The van der Waals surface area contributed by atoms with Gasteiger partial charge in [-0.15, -0.1) is 5.56 Å². The Balaban J connectivity index is 0.000000508. The van der Waals surface area contributed by atoms with Crippen LogP contribution >= 0.6 is 0 Å². The van der Waals surface area contributed by atoms with E-state index < -0.39 is 0 Å². The van der Waals surface area contributed by atoms with Crippen molar-refractivity contribution in [2.45, 2.75) is 38.6 Å². The summed E-state index contributed by atoms with van der Waals surface area (Å²) in [7, 11) is 2.10. The number of carbonyl (C=O) groups excluding carboxylic acids is 1. The van der Waals surface area contributed by atoms with Crippen LogP contribution in [0.4, 0.5) is 0 Å². The Hall–Kier alpha value is -2.00. The summed E-state index contributed by atoms with van der Waals surface area (Å²) in [6, 6.07) is 23.7. The zero-order valence-corrected chi connectivity index (χ0v) is 24.5. The number of nitrogens with zero attached hydrogens (tertiary/aromatic N) is 1. The Morgan fingerprint density at radius 1 is 1.06 bits per heavy atom. The molecule has 2 saturated heterocycles. The first-order valence-electron chi connectivity index (χ1n) is 11.9. The molecule has 178 valence electrons. The number of nitrogens with two attached hydrogens (primary N) is 1. The first kappa shape index (κ1) is 28.2. The van der Waals surface area contributed by atoms with Crippen molar-refractivity contribution in [2.75, 3.05) is 26.7 Å². The maximum absolute atomic E-state index is 12.6. The Kier molecular flexibility index (Phi) is 12.5. The molecular weight excluding hydrogens is 646 g/mol. The number of hydrogen-bond acceptors (Lipinski definition) is 4. The smallest absolute Gasteiger partial charge is 0.371 e. The molecule has 0 aromatic heterocycles. The van der Waals surface area contributed by atoms with E-state index in [4.69, 9.17) is 5.73 Å². The van der Waals surface area contributed by atoms with E-state index in [0.29, 0.717) is 17.5 Å². The van der Waals surface area contributed by atoms with Gasteiger partial charge in [-0.2, -0.15) is 66.7 Å². The first-order valence-corrected chi connectivity index (χ1v) is 11.9. The molecule has 5 nitrogen and oxygen atoms in total. The monoisotopic (exact) mass is 682 g/mol. The molecule has 1 amide bonds. The summed E-state index contributed by atoms with van der Waals surface area (Å²) in [6.07, 6.45) is 6.37. The first-order chi connectivity index (χ1) is 16.1. The molecule has 6 heteroatoms. The Morgan fingerprint density at radius 3 is 2.24 bits per heavy atom. The maximum Gasteiger partial charge on any atom is 2.00 e. The minimum atomic E-state index is -0.386. The maximum atomic E-state index is 12.6. The van der Waals surface area contributed by atoms with E-state index in [-0.39, 0.29) is 37.0 Å². The molecule has 0 aliphatic carbocycles. The van der Waals surface area contributed by atoms with Crippen LogP contribution in [0.5, 0.6) is 0 Å². The molecule has 0 saturated carbocycles. The van der Waals surface area contributed by atoms with Crippen LogP contribution in [0.3, 0.4) is 0 Å². The largest absolute Gasteiger partial charge is 2.00 e. The van der Waals surface area contributed by atoms with E-state index in [1.165, 1.54) is 12.8 Å². The molecule has 4 rings (SSSR count). The number of rotatable bonds is 5. The third-order valence-electron chi connectivity index (χ3n) is 6.31. The van der Waals surface area contributed by atoms with Crippen LogP contribution in [0.15, 0.2) is 72.1 Å². The van der Waals surface area contributed by atoms with Crippen molar-refractivity contribution in [1.29, 1.82) is 0 Å². The van der Waals surface area contributed by atoms with Crippen molar-refractivity contribution in [3.8, 4) is 0 Å². The number of piperidine rings is 1. The fourth-order valence-corrected chi connectivity index (χ4v) is 4.72. The molecule has 0 spiro atoms. The average molecular weight is 683 g/mol. The number of carbonyl (C=O) groups is 1. The van der Waals surface area contributed by atoms with Gasteiger partial charge in [0, 0.05) is 19.6 Å². The van der Waals surface area contributed by atoms with Crippen LogP contribution in [-0.4, -0.2) is 43.5 Å². The third-order valence-corrected chi connectivity index (χ3v) is 6.31. The number of amides is 1. The van der Waals surface area contributed by atoms with Gasteiger partial charge in [0.1, 0.15) is 5.82 Å². The minimum Gasteiger partial charge on any atom is -0.371 e. The van der Waals surface area contributed by atoms with E-state index in [1.54, 1.807) is 0 Å². The van der Waals surface area contributed by atoms with Crippen LogP contribution < -0.4 is 16.4 Å². The van der Waals surface area contributed by atoms with Gasteiger partial charge >= 0.3 is 31.1 Å². The van der Waals surface area contributed by atoms with Gasteiger partial charge < -0.3 is 21.3 Å². The quantitative estimate of drug-likeness (QED) is 0.332. The molecule has 4 N–H and O–H groups in total. The van der Waals surface area contributed by atoms with Gasteiger partial charge in [-0.3, -0.25) is 4.79 Å². The summed E-state index contributed by atoms with van der Waals surface area (Å²) >= 11 is 0. The Bertz CT molecular complexity index is 897. The molecule has 2 fully saturated rings. The number of benzene rings is 2. The van der Waals surface area contributed by atoms with Gasteiger partial charge in [-0.25, -0.2) is 0 Å². The summed E-state index contributed by atoms with van der Waals surface area (Å²) in [6.45, 7) is 5.10. The van der Waals surface area contributed by atoms with Crippen molar-refractivity contribution in [3.63, 3.8) is 0 Å². The Labute approximate surface area is 228 Å². The molecule has 0 unspecified atom stereocenters. The number of nitrogens with one attached hydrogen (secondary N) is 2. The number of allylic oxidation sites excluding steroid dienone is 1. The van der Waals surface area contributed by atoms with E-state index >= 15 is 0 Å². The second-order valence-corrected chi connectivity index (χ2v) is 8.46. The van der Waals surface area contributed by atoms with E-state index in [1.807, 2.05) is 54.6 Å². The number of hydrogen-bond donors (Lipinski definition) is 3.